The minimum atomic E-state index is -0.740. The SMILES string of the molecule is COc1c(Nc2cc(NC(=O)C3CC3)nnc2C(N)=O)cccc1-c1cnn([C@@H]2CCC[C@]23CCCO3)c1. The number of carbonyl (C=O) groups is 2. The van der Waals surface area contributed by atoms with Crippen molar-refractivity contribution in [1.82, 2.24) is 20.0 Å². The Morgan fingerprint density at radius 1 is 1.16 bits per heavy atom. The second-order valence-electron chi connectivity index (χ2n) is 10.3. The highest BCUT2D eigenvalue weighted by Gasteiger charge is 2.47. The second kappa shape index (κ2) is 9.71. The fraction of sp³-hybridized carbons (Fsp3) is 0.444. The van der Waals surface area contributed by atoms with Crippen molar-refractivity contribution in [2.24, 2.45) is 11.7 Å². The van der Waals surface area contributed by atoms with E-state index in [0.29, 0.717) is 17.1 Å². The van der Waals surface area contributed by atoms with Crippen LogP contribution in [0.2, 0.25) is 0 Å². The number of nitrogens with two attached hydrogens (primary N) is 1. The number of para-hydroxylation sites is 1. The monoisotopic (exact) mass is 517 g/mol. The number of amides is 2. The molecule has 3 fully saturated rings. The Labute approximate surface area is 220 Å². The predicted molar refractivity (Wildman–Crippen MR) is 140 cm³/mol. The molecule has 38 heavy (non-hydrogen) atoms. The molecule has 4 N–H and O–H groups in total. The van der Waals surface area contributed by atoms with Gasteiger partial charge in [-0.25, -0.2) is 0 Å². The molecule has 11 heteroatoms. The molecule has 6 rings (SSSR count). The molecule has 2 aliphatic carbocycles. The lowest BCUT2D eigenvalue weighted by Gasteiger charge is -2.30. The first-order chi connectivity index (χ1) is 18.5. The summed E-state index contributed by atoms with van der Waals surface area (Å²) in [5.74, 6) is -0.0376. The number of methoxy groups -OCH3 is 1. The fourth-order valence-electron chi connectivity index (χ4n) is 5.76. The van der Waals surface area contributed by atoms with E-state index in [-0.39, 0.29) is 35.0 Å². The zero-order valence-corrected chi connectivity index (χ0v) is 21.3. The van der Waals surface area contributed by atoms with E-state index >= 15 is 0 Å². The number of anilines is 3. The summed E-state index contributed by atoms with van der Waals surface area (Å²) in [6, 6.07) is 7.46. The molecular formula is C27H31N7O4. The van der Waals surface area contributed by atoms with Crippen LogP contribution < -0.4 is 21.1 Å². The number of ether oxygens (including phenoxy) is 2. The van der Waals surface area contributed by atoms with Gasteiger partial charge in [0, 0.05) is 35.9 Å². The molecule has 11 nitrogen and oxygen atoms in total. The summed E-state index contributed by atoms with van der Waals surface area (Å²) in [4.78, 5) is 24.3. The van der Waals surface area contributed by atoms with Crippen molar-refractivity contribution in [2.45, 2.75) is 56.6 Å². The molecule has 198 valence electrons. The van der Waals surface area contributed by atoms with Crippen LogP contribution in [0.1, 0.15) is 61.5 Å². The smallest absolute Gasteiger partial charge is 0.271 e. The zero-order chi connectivity index (χ0) is 26.3. The van der Waals surface area contributed by atoms with E-state index in [1.165, 1.54) is 0 Å². The molecule has 2 atom stereocenters. The third-order valence-electron chi connectivity index (χ3n) is 7.77. The molecule has 1 spiro atoms. The van der Waals surface area contributed by atoms with E-state index in [1.54, 1.807) is 13.2 Å². The second-order valence-corrected chi connectivity index (χ2v) is 10.3. The van der Waals surface area contributed by atoms with Crippen molar-refractivity contribution in [2.75, 3.05) is 24.4 Å². The maximum absolute atomic E-state index is 12.2. The molecule has 2 saturated carbocycles. The number of benzene rings is 1. The van der Waals surface area contributed by atoms with E-state index in [4.69, 9.17) is 20.3 Å². The van der Waals surface area contributed by atoms with Crippen LogP contribution in [-0.4, -0.2) is 51.1 Å². The van der Waals surface area contributed by atoms with Gasteiger partial charge in [0.15, 0.2) is 11.5 Å². The van der Waals surface area contributed by atoms with Crippen LogP contribution in [0.5, 0.6) is 5.75 Å². The Bertz CT molecular complexity index is 1370. The van der Waals surface area contributed by atoms with Crippen molar-refractivity contribution < 1.29 is 19.1 Å². The molecule has 3 heterocycles. The van der Waals surface area contributed by atoms with Gasteiger partial charge in [-0.3, -0.25) is 14.3 Å². The van der Waals surface area contributed by atoms with Gasteiger partial charge < -0.3 is 25.8 Å². The zero-order valence-electron chi connectivity index (χ0n) is 21.3. The summed E-state index contributed by atoms with van der Waals surface area (Å²) >= 11 is 0. The summed E-state index contributed by atoms with van der Waals surface area (Å²) in [7, 11) is 1.59. The quantitative estimate of drug-likeness (QED) is 0.409. The summed E-state index contributed by atoms with van der Waals surface area (Å²) < 4.78 is 14.1. The number of nitrogens with one attached hydrogen (secondary N) is 2. The molecule has 2 aromatic heterocycles. The Hall–Kier alpha value is -3.99. The van der Waals surface area contributed by atoms with Gasteiger partial charge in [-0.15, -0.1) is 10.2 Å². The highest BCUT2D eigenvalue weighted by molar-refractivity contribution is 5.99. The molecule has 2 amide bonds. The summed E-state index contributed by atoms with van der Waals surface area (Å²) in [5.41, 5.74) is 8.07. The number of rotatable bonds is 8. The largest absolute Gasteiger partial charge is 0.494 e. The lowest BCUT2D eigenvalue weighted by molar-refractivity contribution is -0.117. The molecule has 0 bridgehead atoms. The Morgan fingerprint density at radius 3 is 2.74 bits per heavy atom. The van der Waals surface area contributed by atoms with Gasteiger partial charge >= 0.3 is 0 Å². The van der Waals surface area contributed by atoms with E-state index < -0.39 is 5.91 Å². The molecule has 1 saturated heterocycles. The van der Waals surface area contributed by atoms with Crippen LogP contribution in [0.25, 0.3) is 11.1 Å². The molecule has 1 aromatic carbocycles. The number of primary amides is 1. The molecule has 0 radical (unpaired) electrons. The third-order valence-corrected chi connectivity index (χ3v) is 7.77. The molecule has 1 aliphatic heterocycles. The number of nitrogens with zero attached hydrogens (tertiary/aromatic N) is 4. The van der Waals surface area contributed by atoms with Crippen LogP contribution in [-0.2, 0) is 9.53 Å². The first kappa shape index (κ1) is 24.4. The summed E-state index contributed by atoms with van der Waals surface area (Å²) in [6.45, 7) is 0.815. The van der Waals surface area contributed by atoms with Gasteiger partial charge in [0.05, 0.1) is 36.3 Å². The average Bonchev–Trinajstić information content (AvgIpc) is 3.28. The molecule has 3 aliphatic rings. The van der Waals surface area contributed by atoms with Gasteiger partial charge in [-0.1, -0.05) is 12.1 Å². The van der Waals surface area contributed by atoms with Crippen molar-refractivity contribution in [1.29, 1.82) is 0 Å². The van der Waals surface area contributed by atoms with Gasteiger partial charge in [-0.05, 0) is 51.0 Å². The van der Waals surface area contributed by atoms with Gasteiger partial charge in [-0.2, -0.15) is 5.10 Å². The van der Waals surface area contributed by atoms with Gasteiger partial charge in [0.1, 0.15) is 5.75 Å². The topological polar surface area (TPSA) is 146 Å². The van der Waals surface area contributed by atoms with Crippen molar-refractivity contribution >= 4 is 29.0 Å². The lowest BCUT2D eigenvalue weighted by Crippen LogP contribution is -2.34. The normalized spacial score (nSPS) is 22.5. The highest BCUT2D eigenvalue weighted by Crippen LogP contribution is 2.48. The maximum atomic E-state index is 12.2. The van der Waals surface area contributed by atoms with Gasteiger partial charge in [0.2, 0.25) is 5.91 Å². The minimum Gasteiger partial charge on any atom is -0.494 e. The van der Waals surface area contributed by atoms with E-state index in [9.17, 15) is 9.59 Å². The molecule has 0 unspecified atom stereocenters. The van der Waals surface area contributed by atoms with Crippen molar-refractivity contribution in [3.63, 3.8) is 0 Å². The predicted octanol–water partition coefficient (Wildman–Crippen LogP) is 3.81. The highest BCUT2D eigenvalue weighted by atomic mass is 16.5. The Kier molecular flexibility index (Phi) is 6.22. The average molecular weight is 518 g/mol. The van der Waals surface area contributed by atoms with Crippen LogP contribution in [0.3, 0.4) is 0 Å². The minimum absolute atomic E-state index is 0.000983. The van der Waals surface area contributed by atoms with Crippen LogP contribution in [0.4, 0.5) is 17.2 Å². The van der Waals surface area contributed by atoms with E-state index in [1.807, 2.05) is 29.1 Å². The first-order valence-corrected chi connectivity index (χ1v) is 13.1. The number of carbonyl (C=O) groups excluding carboxylic acids is 2. The number of hydrogen-bond acceptors (Lipinski definition) is 8. The standard InChI is InChI=1S/C27H31N7O4/c1-37-24-18(17-14-29-34(15-17)21-7-3-10-27(21)11-4-12-38-27)5-2-6-19(24)30-20-13-22(31-26(36)16-8-9-16)32-33-23(20)25(28)35/h2,5-6,13-16,21H,3-4,7-12H2,1H3,(H2,28,35)(H2,30,31,32,36)/t21-,27+/m1/s1. The van der Waals surface area contributed by atoms with Crippen LogP contribution >= 0.6 is 0 Å². The molecule has 3 aromatic rings. The van der Waals surface area contributed by atoms with Crippen molar-refractivity contribution in [3.8, 4) is 16.9 Å². The van der Waals surface area contributed by atoms with Crippen LogP contribution in [0, 0.1) is 5.92 Å². The lowest BCUT2D eigenvalue weighted by atomic mass is 9.94. The van der Waals surface area contributed by atoms with Gasteiger partial charge in [0.25, 0.3) is 5.91 Å². The third kappa shape index (κ3) is 4.47. The first-order valence-electron chi connectivity index (χ1n) is 13.1. The Balaban J connectivity index is 1.30. The van der Waals surface area contributed by atoms with Crippen molar-refractivity contribution in [3.05, 3.63) is 42.4 Å². The number of aromatic nitrogens is 4. The van der Waals surface area contributed by atoms with E-state index in [0.717, 1.165) is 62.7 Å². The molecular weight excluding hydrogens is 486 g/mol. The fourth-order valence-corrected chi connectivity index (χ4v) is 5.76. The number of hydrogen-bond donors (Lipinski definition) is 3. The maximum Gasteiger partial charge on any atom is 0.271 e. The Morgan fingerprint density at radius 2 is 2.00 bits per heavy atom. The van der Waals surface area contributed by atoms with E-state index in [2.05, 4.69) is 27.0 Å². The summed E-state index contributed by atoms with van der Waals surface area (Å²) in [5, 5.41) is 18.6. The summed E-state index contributed by atoms with van der Waals surface area (Å²) in [6.07, 6.45) is 11.0. The van der Waals surface area contributed by atoms with Crippen LogP contribution in [0.15, 0.2) is 36.7 Å².